The van der Waals surface area contributed by atoms with Crippen LogP contribution in [0.1, 0.15) is 23.6 Å². The summed E-state index contributed by atoms with van der Waals surface area (Å²) in [6, 6.07) is 21.7. The van der Waals surface area contributed by atoms with E-state index in [0.29, 0.717) is 17.9 Å². The Kier molecular flexibility index (Phi) is 6.58. The van der Waals surface area contributed by atoms with Crippen LogP contribution in [0, 0.1) is 5.82 Å². The van der Waals surface area contributed by atoms with Gasteiger partial charge in [-0.2, -0.15) is 0 Å². The highest BCUT2D eigenvalue weighted by molar-refractivity contribution is 6.09. The summed E-state index contributed by atoms with van der Waals surface area (Å²) < 4.78 is 19.1. The Bertz CT molecular complexity index is 1200. The fourth-order valence-corrected chi connectivity index (χ4v) is 3.71. The van der Waals surface area contributed by atoms with E-state index < -0.39 is 35.7 Å². The normalized spacial score (nSPS) is 17.4. The number of rotatable bonds is 8. The van der Waals surface area contributed by atoms with Crippen molar-refractivity contribution in [3.05, 3.63) is 101 Å². The highest BCUT2D eigenvalue weighted by atomic mass is 19.1. The van der Waals surface area contributed by atoms with E-state index in [0.717, 1.165) is 16.0 Å². The van der Waals surface area contributed by atoms with Gasteiger partial charge in [-0.1, -0.05) is 54.6 Å². The molecule has 2 N–H and O–H groups in total. The lowest BCUT2D eigenvalue weighted by atomic mass is 9.92. The van der Waals surface area contributed by atoms with Crippen LogP contribution >= 0.6 is 0 Å². The Morgan fingerprint density at radius 2 is 1.71 bits per heavy atom. The Balaban J connectivity index is 1.33. The molecule has 0 bridgehead atoms. The first-order chi connectivity index (χ1) is 16.3. The average Bonchev–Trinajstić information content (AvgIpc) is 3.06. The third kappa shape index (κ3) is 5.06. The largest absolute Gasteiger partial charge is 0.489 e. The summed E-state index contributed by atoms with van der Waals surface area (Å²) in [5, 5.41) is 5.32. The fraction of sp³-hybridized carbons (Fsp3) is 0.192. The zero-order valence-corrected chi connectivity index (χ0v) is 18.6. The van der Waals surface area contributed by atoms with Crippen LogP contribution in [0.25, 0.3) is 0 Å². The van der Waals surface area contributed by atoms with E-state index in [1.165, 1.54) is 31.2 Å². The van der Waals surface area contributed by atoms with Gasteiger partial charge in [0.05, 0.1) is 0 Å². The average molecular weight is 461 g/mol. The van der Waals surface area contributed by atoms with Crippen LogP contribution in [-0.2, 0) is 28.3 Å². The number of imide groups is 1. The molecule has 0 aliphatic carbocycles. The molecular formula is C26H24FN3O4. The number of hydrogen-bond donors (Lipinski definition) is 2. The topological polar surface area (TPSA) is 87.7 Å². The summed E-state index contributed by atoms with van der Waals surface area (Å²) in [6.45, 7) is 1.74. The molecule has 1 aliphatic heterocycles. The summed E-state index contributed by atoms with van der Waals surface area (Å²) >= 11 is 0. The van der Waals surface area contributed by atoms with Crippen molar-refractivity contribution in [2.24, 2.45) is 0 Å². The number of ether oxygens (including phenoxy) is 1. The number of amides is 4. The van der Waals surface area contributed by atoms with Gasteiger partial charge in [0.25, 0.3) is 5.91 Å². The quantitative estimate of drug-likeness (QED) is 0.503. The number of halogens is 1. The van der Waals surface area contributed by atoms with Crippen molar-refractivity contribution >= 4 is 17.8 Å². The van der Waals surface area contributed by atoms with Crippen LogP contribution in [0.4, 0.5) is 9.18 Å². The lowest BCUT2D eigenvalue weighted by molar-refractivity contribution is -0.134. The second kappa shape index (κ2) is 9.74. The third-order valence-electron chi connectivity index (χ3n) is 5.63. The Morgan fingerprint density at radius 1 is 1.00 bits per heavy atom. The van der Waals surface area contributed by atoms with Crippen molar-refractivity contribution in [1.82, 2.24) is 15.5 Å². The monoisotopic (exact) mass is 461 g/mol. The summed E-state index contributed by atoms with van der Waals surface area (Å²) in [4.78, 5) is 38.7. The van der Waals surface area contributed by atoms with Gasteiger partial charge >= 0.3 is 6.03 Å². The second-order valence-electron chi connectivity index (χ2n) is 8.15. The molecule has 4 amide bonds. The first kappa shape index (κ1) is 23.0. The van der Waals surface area contributed by atoms with Gasteiger partial charge in [0, 0.05) is 6.54 Å². The molecule has 0 saturated carbocycles. The molecule has 1 heterocycles. The van der Waals surface area contributed by atoms with Gasteiger partial charge in [0.1, 0.15) is 30.3 Å². The van der Waals surface area contributed by atoms with E-state index in [1.807, 2.05) is 54.6 Å². The standard InChI is InChI=1S/C26H24FN3O4/c1-26(20-10-12-21(27)13-11-20)24(32)30(25(33)29-26)16-23(31)28-15-19-8-5-9-22(14-19)34-17-18-6-3-2-4-7-18/h2-14H,15-17H2,1H3,(H,28,31)(H,29,33). The van der Waals surface area contributed by atoms with Crippen molar-refractivity contribution in [2.75, 3.05) is 6.54 Å². The highest BCUT2D eigenvalue weighted by Crippen LogP contribution is 2.28. The molecule has 1 fully saturated rings. The van der Waals surface area contributed by atoms with Crippen LogP contribution in [0.15, 0.2) is 78.9 Å². The van der Waals surface area contributed by atoms with Crippen LogP contribution in [-0.4, -0.2) is 29.3 Å². The predicted octanol–water partition coefficient (Wildman–Crippen LogP) is 3.49. The number of carbonyl (C=O) groups is 3. The first-order valence-corrected chi connectivity index (χ1v) is 10.8. The van der Waals surface area contributed by atoms with E-state index in [2.05, 4.69) is 10.6 Å². The number of nitrogens with zero attached hydrogens (tertiary/aromatic N) is 1. The van der Waals surface area contributed by atoms with E-state index in [1.54, 1.807) is 0 Å². The Morgan fingerprint density at radius 3 is 2.44 bits per heavy atom. The van der Waals surface area contributed by atoms with Crippen molar-refractivity contribution in [3.63, 3.8) is 0 Å². The van der Waals surface area contributed by atoms with Gasteiger partial charge in [-0.25, -0.2) is 9.18 Å². The van der Waals surface area contributed by atoms with Gasteiger partial charge in [-0.05, 0) is 47.9 Å². The maximum absolute atomic E-state index is 13.2. The van der Waals surface area contributed by atoms with E-state index >= 15 is 0 Å². The molecule has 0 aromatic heterocycles. The maximum Gasteiger partial charge on any atom is 0.325 e. The van der Waals surface area contributed by atoms with E-state index in [-0.39, 0.29) is 6.54 Å². The zero-order chi connectivity index (χ0) is 24.1. The molecule has 34 heavy (non-hydrogen) atoms. The number of hydrogen-bond acceptors (Lipinski definition) is 4. The number of carbonyl (C=O) groups excluding carboxylic acids is 3. The SMILES string of the molecule is CC1(c2ccc(F)cc2)NC(=O)N(CC(=O)NCc2cccc(OCc3ccccc3)c2)C1=O. The van der Waals surface area contributed by atoms with Gasteiger partial charge in [0.2, 0.25) is 5.91 Å². The van der Waals surface area contributed by atoms with Crippen LogP contribution in [0.5, 0.6) is 5.75 Å². The second-order valence-corrected chi connectivity index (χ2v) is 8.15. The number of urea groups is 1. The first-order valence-electron chi connectivity index (χ1n) is 10.8. The zero-order valence-electron chi connectivity index (χ0n) is 18.6. The molecule has 0 spiro atoms. The molecule has 1 aliphatic rings. The van der Waals surface area contributed by atoms with Crippen molar-refractivity contribution in [3.8, 4) is 5.75 Å². The van der Waals surface area contributed by atoms with Crippen LogP contribution in [0.2, 0.25) is 0 Å². The fourth-order valence-electron chi connectivity index (χ4n) is 3.71. The van der Waals surface area contributed by atoms with Crippen LogP contribution in [0.3, 0.4) is 0 Å². The molecule has 7 nitrogen and oxygen atoms in total. The minimum Gasteiger partial charge on any atom is -0.489 e. The molecule has 3 aromatic carbocycles. The van der Waals surface area contributed by atoms with Gasteiger partial charge in [0.15, 0.2) is 0 Å². The summed E-state index contributed by atoms with van der Waals surface area (Å²) in [6.07, 6.45) is 0. The van der Waals surface area contributed by atoms with Crippen molar-refractivity contribution < 1.29 is 23.5 Å². The molecule has 3 aromatic rings. The van der Waals surface area contributed by atoms with E-state index in [4.69, 9.17) is 4.74 Å². The number of nitrogens with one attached hydrogen (secondary N) is 2. The van der Waals surface area contributed by atoms with Crippen LogP contribution < -0.4 is 15.4 Å². The molecule has 1 atom stereocenters. The number of benzene rings is 3. The minimum atomic E-state index is -1.37. The Hall–Kier alpha value is -4.20. The van der Waals surface area contributed by atoms with Crippen molar-refractivity contribution in [1.29, 1.82) is 0 Å². The summed E-state index contributed by atoms with van der Waals surface area (Å²) in [7, 11) is 0. The molecule has 4 rings (SSSR count). The molecule has 1 unspecified atom stereocenters. The summed E-state index contributed by atoms with van der Waals surface area (Å²) in [5.41, 5.74) is 0.923. The lowest BCUT2D eigenvalue weighted by Gasteiger charge is -2.22. The van der Waals surface area contributed by atoms with Crippen molar-refractivity contribution in [2.45, 2.75) is 25.6 Å². The molecule has 174 valence electrons. The van der Waals surface area contributed by atoms with Gasteiger partial charge in [-0.3, -0.25) is 14.5 Å². The maximum atomic E-state index is 13.2. The third-order valence-corrected chi connectivity index (χ3v) is 5.63. The minimum absolute atomic E-state index is 0.209. The summed E-state index contributed by atoms with van der Waals surface area (Å²) in [5.74, 6) is -0.840. The molecular weight excluding hydrogens is 437 g/mol. The molecule has 0 radical (unpaired) electrons. The van der Waals surface area contributed by atoms with Gasteiger partial charge < -0.3 is 15.4 Å². The lowest BCUT2D eigenvalue weighted by Crippen LogP contribution is -2.43. The highest BCUT2D eigenvalue weighted by Gasteiger charge is 2.49. The Labute approximate surface area is 196 Å². The van der Waals surface area contributed by atoms with Gasteiger partial charge in [-0.15, -0.1) is 0 Å². The predicted molar refractivity (Wildman–Crippen MR) is 123 cm³/mol. The van der Waals surface area contributed by atoms with E-state index in [9.17, 15) is 18.8 Å². The molecule has 1 saturated heterocycles. The smallest absolute Gasteiger partial charge is 0.325 e. The molecule has 8 heteroatoms.